The van der Waals surface area contributed by atoms with Gasteiger partial charge in [-0.15, -0.1) is 0 Å². The van der Waals surface area contributed by atoms with Crippen LogP contribution in [0.1, 0.15) is 92.2 Å². The minimum Gasteiger partial charge on any atom is -0.467 e. The van der Waals surface area contributed by atoms with Crippen molar-refractivity contribution in [3.63, 3.8) is 0 Å². The molecule has 380 valence electrons. The minimum atomic E-state index is -0.910. The standard InChI is InChI=1S/C52H82N6O10/c1-15-35(7)46(42(65-12)32-43(59)58-29-20-23-41(58)47(66-13)36(8)48(60)53-40(51(63)67-14)31-38-21-18-17-19-22-38)57(11)50(62)44(33(3)4)54-49(61)45(34(5)6)55(9)30-28-37-24-26-39(27-25-37)56(10)52(64)68-16-2/h17-19,21-22,24-27,33-36,40-42,44-47H,15-16,20,23,28-32H2,1-14H3,(H,53,60)(H,54,61)/t35-,36+,40-,41-,42+,44-,45-,46-,47+/m0/s1. The predicted molar refractivity (Wildman–Crippen MR) is 264 cm³/mol. The molecule has 2 aromatic rings. The third kappa shape index (κ3) is 15.5. The molecule has 0 spiro atoms. The molecular weight excluding hydrogens is 869 g/mol. The van der Waals surface area contributed by atoms with Crippen LogP contribution in [0.5, 0.6) is 0 Å². The summed E-state index contributed by atoms with van der Waals surface area (Å²) in [7, 11) is 9.65. The molecule has 5 amide bonds. The molecule has 16 nitrogen and oxygen atoms in total. The highest BCUT2D eigenvalue weighted by atomic mass is 16.6. The Morgan fingerprint density at radius 1 is 0.794 bits per heavy atom. The lowest BCUT2D eigenvalue weighted by Gasteiger charge is -2.41. The number of nitrogens with zero attached hydrogens (tertiary/aromatic N) is 4. The largest absolute Gasteiger partial charge is 0.467 e. The molecule has 0 saturated carbocycles. The van der Waals surface area contributed by atoms with Crippen LogP contribution in [0, 0.1) is 23.7 Å². The van der Waals surface area contributed by atoms with Gasteiger partial charge in [-0.2, -0.15) is 0 Å². The molecule has 2 N–H and O–H groups in total. The Morgan fingerprint density at radius 2 is 1.44 bits per heavy atom. The van der Waals surface area contributed by atoms with Crippen LogP contribution in [0.2, 0.25) is 0 Å². The fourth-order valence-corrected chi connectivity index (χ4v) is 9.43. The normalized spacial score (nSPS) is 17.4. The van der Waals surface area contributed by atoms with Gasteiger partial charge in [0.25, 0.3) is 0 Å². The predicted octanol–water partition coefficient (Wildman–Crippen LogP) is 5.74. The van der Waals surface area contributed by atoms with Crippen LogP contribution in [-0.2, 0) is 55.8 Å². The summed E-state index contributed by atoms with van der Waals surface area (Å²) in [5.74, 6) is -2.79. The summed E-state index contributed by atoms with van der Waals surface area (Å²) in [5.41, 5.74) is 2.62. The second-order valence-corrected chi connectivity index (χ2v) is 18.9. The van der Waals surface area contributed by atoms with E-state index < -0.39 is 66.3 Å². The fourth-order valence-electron chi connectivity index (χ4n) is 9.43. The van der Waals surface area contributed by atoms with E-state index in [1.54, 1.807) is 44.9 Å². The van der Waals surface area contributed by atoms with Gasteiger partial charge in [-0.1, -0.05) is 97.4 Å². The van der Waals surface area contributed by atoms with Crippen molar-refractivity contribution < 1.29 is 47.7 Å². The molecule has 3 rings (SSSR count). The Hall–Kier alpha value is -5.06. The third-order valence-corrected chi connectivity index (χ3v) is 13.6. The number of hydrogen-bond donors (Lipinski definition) is 2. The number of likely N-dealkylation sites (N-methyl/N-ethyl adjacent to an activating group) is 2. The lowest BCUT2D eigenvalue weighted by Crippen LogP contribution is -2.60. The number of likely N-dealkylation sites (tertiary alicyclic amines) is 1. The Bertz CT molecular complexity index is 1920. The first kappa shape index (κ1) is 57.3. The van der Waals surface area contributed by atoms with Crippen LogP contribution >= 0.6 is 0 Å². The summed E-state index contributed by atoms with van der Waals surface area (Å²) in [5, 5.41) is 5.99. The summed E-state index contributed by atoms with van der Waals surface area (Å²) in [4.78, 5) is 88.9. The number of esters is 1. The molecule has 0 aliphatic carbocycles. The number of ether oxygens (including phenoxy) is 4. The summed E-state index contributed by atoms with van der Waals surface area (Å²) < 4.78 is 22.2. The average molecular weight is 951 g/mol. The molecule has 1 aliphatic rings. The topological polar surface area (TPSA) is 176 Å². The van der Waals surface area contributed by atoms with Crippen LogP contribution < -0.4 is 15.5 Å². The first-order valence-corrected chi connectivity index (χ1v) is 24.3. The Morgan fingerprint density at radius 3 is 1.99 bits per heavy atom. The smallest absolute Gasteiger partial charge is 0.413 e. The molecule has 16 heteroatoms. The van der Waals surface area contributed by atoms with E-state index in [1.807, 2.05) is 108 Å². The van der Waals surface area contributed by atoms with Crippen LogP contribution in [-0.4, -0.2) is 155 Å². The Balaban J connectivity index is 1.75. The van der Waals surface area contributed by atoms with E-state index in [9.17, 15) is 28.8 Å². The average Bonchev–Trinajstić information content (AvgIpc) is 3.81. The van der Waals surface area contributed by atoms with Gasteiger partial charge in [0.1, 0.15) is 12.1 Å². The Kier molecular flexibility index (Phi) is 23.4. The lowest BCUT2D eigenvalue weighted by molar-refractivity contribution is -0.149. The van der Waals surface area contributed by atoms with Gasteiger partial charge in [0.15, 0.2) is 0 Å². The molecular formula is C52H82N6O10. The molecule has 68 heavy (non-hydrogen) atoms. The van der Waals surface area contributed by atoms with Crippen molar-refractivity contribution in [2.24, 2.45) is 23.7 Å². The quantitative estimate of drug-likeness (QED) is 0.110. The lowest BCUT2D eigenvalue weighted by atomic mass is 9.89. The van der Waals surface area contributed by atoms with Gasteiger partial charge in [0, 0.05) is 53.5 Å². The third-order valence-electron chi connectivity index (χ3n) is 13.6. The molecule has 0 bridgehead atoms. The first-order valence-electron chi connectivity index (χ1n) is 24.3. The van der Waals surface area contributed by atoms with E-state index in [4.69, 9.17) is 18.9 Å². The summed E-state index contributed by atoms with van der Waals surface area (Å²) in [6.45, 7) is 16.7. The number of hydrogen-bond acceptors (Lipinski definition) is 11. The molecule has 1 fully saturated rings. The van der Waals surface area contributed by atoms with Gasteiger partial charge in [-0.25, -0.2) is 9.59 Å². The number of benzene rings is 2. The van der Waals surface area contributed by atoms with E-state index in [1.165, 1.54) is 19.1 Å². The van der Waals surface area contributed by atoms with Gasteiger partial charge < -0.3 is 39.4 Å². The Labute approximate surface area is 406 Å². The monoisotopic (exact) mass is 951 g/mol. The zero-order chi connectivity index (χ0) is 50.8. The van der Waals surface area contributed by atoms with Gasteiger partial charge in [0.05, 0.1) is 56.4 Å². The van der Waals surface area contributed by atoms with Gasteiger partial charge >= 0.3 is 12.1 Å². The van der Waals surface area contributed by atoms with Gasteiger partial charge in [-0.05, 0) is 74.2 Å². The highest BCUT2D eigenvalue weighted by Gasteiger charge is 2.43. The second-order valence-electron chi connectivity index (χ2n) is 18.9. The number of methoxy groups -OCH3 is 3. The zero-order valence-corrected chi connectivity index (χ0v) is 43.3. The molecule has 9 atom stereocenters. The van der Waals surface area contributed by atoms with E-state index in [-0.39, 0.29) is 54.9 Å². The summed E-state index contributed by atoms with van der Waals surface area (Å²) in [6, 6.07) is 13.8. The van der Waals surface area contributed by atoms with E-state index in [0.717, 1.165) is 11.1 Å². The number of carbonyl (C=O) groups excluding carboxylic acids is 6. The van der Waals surface area contributed by atoms with Gasteiger partial charge in [-0.3, -0.25) is 29.0 Å². The summed E-state index contributed by atoms with van der Waals surface area (Å²) in [6.07, 6.45) is 1.12. The highest BCUT2D eigenvalue weighted by Crippen LogP contribution is 2.30. The SMILES string of the molecule is CCOC(=O)N(C)c1ccc(CCN(C)[C@H](C(=O)N[C@H](C(=O)N(C)[C@@H]([C@@H](C)CC)[C@@H](CC(=O)N2CCC[C@H]2[C@H](OC)[C@@H](C)C(=O)N[C@@H](Cc2ccccc2)C(=O)OC)OC)C(C)C)C(C)C)cc1. The van der Waals surface area contributed by atoms with Crippen molar-refractivity contribution in [1.82, 2.24) is 25.3 Å². The van der Waals surface area contributed by atoms with Crippen molar-refractivity contribution in [3.05, 3.63) is 65.7 Å². The molecule has 1 aliphatic heterocycles. The molecule has 0 unspecified atom stereocenters. The highest BCUT2D eigenvalue weighted by molar-refractivity contribution is 5.90. The van der Waals surface area contributed by atoms with Gasteiger partial charge in [0.2, 0.25) is 23.6 Å². The van der Waals surface area contributed by atoms with Crippen LogP contribution in [0.4, 0.5) is 10.5 Å². The van der Waals surface area contributed by atoms with Crippen molar-refractivity contribution >= 4 is 41.4 Å². The van der Waals surface area contributed by atoms with Crippen molar-refractivity contribution in [3.8, 4) is 0 Å². The van der Waals surface area contributed by atoms with E-state index in [0.29, 0.717) is 44.5 Å². The number of nitrogens with one attached hydrogen (secondary N) is 2. The number of anilines is 1. The van der Waals surface area contributed by atoms with Crippen molar-refractivity contribution in [2.45, 2.75) is 136 Å². The first-order chi connectivity index (χ1) is 32.3. The molecule has 0 aromatic heterocycles. The molecule has 0 radical (unpaired) electrons. The van der Waals surface area contributed by atoms with E-state index >= 15 is 0 Å². The van der Waals surface area contributed by atoms with Crippen LogP contribution in [0.3, 0.4) is 0 Å². The fraction of sp³-hybridized carbons (Fsp3) is 0.654. The van der Waals surface area contributed by atoms with E-state index in [2.05, 4.69) is 10.6 Å². The summed E-state index contributed by atoms with van der Waals surface area (Å²) >= 11 is 0. The van der Waals surface area contributed by atoms with Crippen LogP contribution in [0.15, 0.2) is 54.6 Å². The number of rotatable bonds is 26. The zero-order valence-electron chi connectivity index (χ0n) is 43.3. The van der Waals surface area contributed by atoms with Crippen LogP contribution in [0.25, 0.3) is 0 Å². The van der Waals surface area contributed by atoms with Crippen molar-refractivity contribution in [1.29, 1.82) is 0 Å². The minimum absolute atomic E-state index is 0.0259. The molecule has 2 aromatic carbocycles. The molecule has 1 saturated heterocycles. The maximum Gasteiger partial charge on any atom is 0.413 e. The maximum absolute atomic E-state index is 14.7. The second kappa shape index (κ2) is 27.8. The van der Waals surface area contributed by atoms with Crippen molar-refractivity contribution in [2.75, 3.05) is 67.1 Å². The number of carbonyl (C=O) groups is 6. The maximum atomic E-state index is 14.7. The molecule has 1 heterocycles. The number of amides is 5.